The molecule has 1 saturated heterocycles. The van der Waals surface area contributed by atoms with Gasteiger partial charge in [0.05, 0.1) is 11.0 Å². The van der Waals surface area contributed by atoms with Gasteiger partial charge in [0.2, 0.25) is 10.0 Å². The van der Waals surface area contributed by atoms with E-state index in [9.17, 15) is 12.8 Å². The Morgan fingerprint density at radius 2 is 2.27 bits per heavy atom. The number of fused-ring (bicyclic) bond motifs is 1. The molecule has 1 aromatic carbocycles. The first-order chi connectivity index (χ1) is 10.5. The molecule has 0 spiro atoms. The zero-order chi connectivity index (χ0) is 15.7. The van der Waals surface area contributed by atoms with Crippen LogP contribution < -0.4 is 4.72 Å². The summed E-state index contributed by atoms with van der Waals surface area (Å²) >= 11 is 2.02. The molecule has 1 fully saturated rings. The van der Waals surface area contributed by atoms with Crippen LogP contribution in [-0.2, 0) is 14.8 Å². The molecule has 1 unspecified atom stereocenters. The van der Waals surface area contributed by atoms with Crippen molar-refractivity contribution in [1.82, 2.24) is 9.71 Å². The molecule has 1 N–H and O–H groups in total. The summed E-state index contributed by atoms with van der Waals surface area (Å²) in [5, 5.41) is 0.284. The molecule has 22 heavy (non-hydrogen) atoms. The molecule has 0 radical (unpaired) electrons. The van der Waals surface area contributed by atoms with E-state index in [1.807, 2.05) is 22.6 Å². The number of nitrogens with one attached hydrogen (secondary N) is 1. The highest BCUT2D eigenvalue weighted by atomic mass is 127. The van der Waals surface area contributed by atoms with Gasteiger partial charge in [-0.1, -0.05) is 0 Å². The Labute approximate surface area is 141 Å². The molecule has 2 aromatic rings. The number of benzene rings is 1. The maximum Gasteiger partial charge on any atom is 0.241 e. The molecule has 118 valence electrons. The fourth-order valence-corrected chi connectivity index (χ4v) is 4.16. The lowest BCUT2D eigenvalue weighted by Crippen LogP contribution is -2.32. The van der Waals surface area contributed by atoms with E-state index >= 15 is 0 Å². The Bertz CT molecular complexity index is 807. The van der Waals surface area contributed by atoms with Gasteiger partial charge in [-0.15, -0.1) is 0 Å². The molecule has 0 saturated carbocycles. The van der Waals surface area contributed by atoms with Gasteiger partial charge >= 0.3 is 0 Å². The topological polar surface area (TPSA) is 68.3 Å². The number of rotatable bonds is 4. The van der Waals surface area contributed by atoms with E-state index in [0.29, 0.717) is 6.61 Å². The quantitative estimate of drug-likeness (QED) is 0.748. The van der Waals surface area contributed by atoms with E-state index in [-0.39, 0.29) is 28.4 Å². The van der Waals surface area contributed by atoms with Crippen LogP contribution in [0.5, 0.6) is 0 Å². The molecule has 0 aliphatic carbocycles. The Kier molecular flexibility index (Phi) is 4.62. The van der Waals surface area contributed by atoms with Gasteiger partial charge in [0.25, 0.3) is 0 Å². The summed E-state index contributed by atoms with van der Waals surface area (Å²) in [5.41, 5.74) is 0.0559. The minimum Gasteiger partial charge on any atom is -0.377 e. The maximum absolute atomic E-state index is 13.8. The van der Waals surface area contributed by atoms with Crippen molar-refractivity contribution in [2.24, 2.45) is 0 Å². The fraction of sp³-hybridized carbons (Fsp3) is 0.357. The van der Waals surface area contributed by atoms with Crippen LogP contribution in [0.2, 0.25) is 0 Å². The summed E-state index contributed by atoms with van der Waals surface area (Å²) < 4.78 is 47.5. The molecule has 1 aliphatic heterocycles. The molecule has 5 nitrogen and oxygen atoms in total. The Morgan fingerprint density at radius 1 is 1.45 bits per heavy atom. The number of halogens is 2. The standard InChI is InChI=1S/C14H14FIN2O3S/c15-12-3-4-13(11-6-9(16)7-17-14(11)12)22(19,20)18-8-10-2-1-5-21-10/h3-4,6-7,10,18H,1-2,5,8H2. The lowest BCUT2D eigenvalue weighted by Gasteiger charge is -2.13. The van der Waals surface area contributed by atoms with Crippen molar-refractivity contribution >= 4 is 43.5 Å². The summed E-state index contributed by atoms with van der Waals surface area (Å²) in [7, 11) is -3.75. The Hall–Kier alpha value is -0.840. The van der Waals surface area contributed by atoms with E-state index in [1.165, 1.54) is 12.3 Å². The molecule has 1 aromatic heterocycles. The normalized spacial score (nSPS) is 18.9. The van der Waals surface area contributed by atoms with Crippen molar-refractivity contribution < 1.29 is 17.5 Å². The minimum atomic E-state index is -3.75. The second-order valence-electron chi connectivity index (χ2n) is 5.08. The van der Waals surface area contributed by atoms with Crippen LogP contribution in [0.1, 0.15) is 12.8 Å². The molecular formula is C14H14FIN2O3S. The summed E-state index contributed by atoms with van der Waals surface area (Å²) in [6.07, 6.45) is 3.18. The number of ether oxygens (including phenoxy) is 1. The number of sulfonamides is 1. The van der Waals surface area contributed by atoms with E-state index in [0.717, 1.165) is 22.5 Å². The molecular weight excluding hydrogens is 422 g/mol. The summed E-state index contributed by atoms with van der Waals surface area (Å²) in [5.74, 6) is -0.538. The smallest absolute Gasteiger partial charge is 0.241 e. The highest BCUT2D eigenvalue weighted by Crippen LogP contribution is 2.25. The number of hydrogen-bond donors (Lipinski definition) is 1. The minimum absolute atomic E-state index is 0.0351. The predicted octanol–water partition coefficient (Wildman–Crippen LogP) is 2.44. The van der Waals surface area contributed by atoms with Crippen LogP contribution in [0.4, 0.5) is 4.39 Å². The number of aromatic nitrogens is 1. The van der Waals surface area contributed by atoms with Gasteiger partial charge in [0.1, 0.15) is 11.3 Å². The highest BCUT2D eigenvalue weighted by Gasteiger charge is 2.23. The third-order valence-electron chi connectivity index (χ3n) is 3.54. The van der Waals surface area contributed by atoms with Crippen LogP contribution in [0.3, 0.4) is 0 Å². The molecule has 1 atom stereocenters. The van der Waals surface area contributed by atoms with Crippen molar-refractivity contribution in [1.29, 1.82) is 0 Å². The average molecular weight is 436 g/mol. The second kappa shape index (κ2) is 6.34. The number of hydrogen-bond acceptors (Lipinski definition) is 4. The Morgan fingerprint density at radius 3 is 3.00 bits per heavy atom. The monoisotopic (exact) mass is 436 g/mol. The third-order valence-corrected chi connectivity index (χ3v) is 5.61. The lowest BCUT2D eigenvalue weighted by molar-refractivity contribution is 0.114. The number of pyridine rings is 1. The van der Waals surface area contributed by atoms with Gasteiger partial charge in [0.15, 0.2) is 0 Å². The summed E-state index contributed by atoms with van der Waals surface area (Å²) in [4.78, 5) is 4.03. The Balaban J connectivity index is 1.97. The number of nitrogens with zero attached hydrogens (tertiary/aromatic N) is 1. The van der Waals surface area contributed by atoms with Gasteiger partial charge in [-0.3, -0.25) is 4.98 Å². The fourth-order valence-electron chi connectivity index (χ4n) is 2.46. The zero-order valence-corrected chi connectivity index (χ0v) is 14.5. The molecule has 3 rings (SSSR count). The summed E-state index contributed by atoms with van der Waals surface area (Å²) in [6, 6.07) is 4.02. The third kappa shape index (κ3) is 3.24. The SMILES string of the molecule is O=S(=O)(NCC1CCCO1)c1ccc(F)c2ncc(I)cc12. The van der Waals surface area contributed by atoms with Crippen LogP contribution in [-0.4, -0.2) is 32.7 Å². The lowest BCUT2D eigenvalue weighted by atomic mass is 10.2. The van der Waals surface area contributed by atoms with E-state index < -0.39 is 15.8 Å². The first kappa shape index (κ1) is 16.0. The van der Waals surface area contributed by atoms with Crippen molar-refractivity contribution in [3.63, 3.8) is 0 Å². The van der Waals surface area contributed by atoms with Crippen molar-refractivity contribution in [2.45, 2.75) is 23.8 Å². The van der Waals surface area contributed by atoms with Gasteiger partial charge in [-0.25, -0.2) is 17.5 Å². The van der Waals surface area contributed by atoms with Crippen molar-refractivity contribution in [2.75, 3.05) is 13.2 Å². The molecule has 0 amide bonds. The average Bonchev–Trinajstić information content (AvgIpc) is 2.98. The zero-order valence-electron chi connectivity index (χ0n) is 11.6. The van der Waals surface area contributed by atoms with Gasteiger partial charge in [0, 0.05) is 28.3 Å². The maximum atomic E-state index is 13.8. The van der Waals surface area contributed by atoms with E-state index in [1.54, 1.807) is 6.07 Å². The molecule has 0 bridgehead atoms. The van der Waals surface area contributed by atoms with Gasteiger partial charge < -0.3 is 4.74 Å². The molecule has 8 heteroatoms. The van der Waals surface area contributed by atoms with Crippen LogP contribution in [0, 0.1) is 9.39 Å². The van der Waals surface area contributed by atoms with Gasteiger partial charge in [-0.05, 0) is 53.6 Å². The largest absolute Gasteiger partial charge is 0.377 e. The van der Waals surface area contributed by atoms with E-state index in [4.69, 9.17) is 4.74 Å². The first-order valence-corrected chi connectivity index (χ1v) is 9.38. The first-order valence-electron chi connectivity index (χ1n) is 6.82. The summed E-state index contributed by atoms with van der Waals surface area (Å²) in [6.45, 7) is 0.881. The molecule has 2 heterocycles. The van der Waals surface area contributed by atoms with Crippen LogP contribution >= 0.6 is 22.6 Å². The van der Waals surface area contributed by atoms with Crippen molar-refractivity contribution in [3.05, 3.63) is 33.8 Å². The van der Waals surface area contributed by atoms with E-state index in [2.05, 4.69) is 9.71 Å². The predicted molar refractivity (Wildman–Crippen MR) is 88.6 cm³/mol. The van der Waals surface area contributed by atoms with Crippen LogP contribution in [0.15, 0.2) is 29.3 Å². The molecule has 1 aliphatic rings. The second-order valence-corrected chi connectivity index (χ2v) is 8.06. The highest BCUT2D eigenvalue weighted by molar-refractivity contribution is 14.1. The van der Waals surface area contributed by atoms with Crippen molar-refractivity contribution in [3.8, 4) is 0 Å². The van der Waals surface area contributed by atoms with Crippen LogP contribution in [0.25, 0.3) is 10.9 Å². The van der Waals surface area contributed by atoms with Gasteiger partial charge in [-0.2, -0.15) is 0 Å².